The number of nitrogens with zero attached hydrogens (tertiary/aromatic N) is 3. The fourth-order valence-corrected chi connectivity index (χ4v) is 3.65. The van der Waals surface area contributed by atoms with E-state index in [4.69, 9.17) is 26.2 Å². The van der Waals surface area contributed by atoms with Crippen LogP contribution >= 0.6 is 23.4 Å². The van der Waals surface area contributed by atoms with Crippen molar-refractivity contribution >= 4 is 23.4 Å². The molecule has 3 rings (SSSR count). The molecule has 1 N–H and O–H groups in total. The van der Waals surface area contributed by atoms with Crippen molar-refractivity contribution in [3.8, 4) is 22.8 Å². The highest BCUT2D eigenvalue weighted by atomic mass is 35.5. The fourth-order valence-electron chi connectivity index (χ4n) is 2.63. The third-order valence-corrected chi connectivity index (χ3v) is 5.07. The summed E-state index contributed by atoms with van der Waals surface area (Å²) < 4.78 is 12.9. The summed E-state index contributed by atoms with van der Waals surface area (Å²) >= 11 is 7.94. The molecule has 0 fully saturated rings. The molecule has 0 atom stereocenters. The van der Waals surface area contributed by atoms with Crippen LogP contribution in [0.5, 0.6) is 5.75 Å². The Morgan fingerprint density at radius 3 is 2.57 bits per heavy atom. The summed E-state index contributed by atoms with van der Waals surface area (Å²) in [6, 6.07) is 15.4. The van der Waals surface area contributed by atoms with Gasteiger partial charge in [-0.3, -0.25) is 4.57 Å². The van der Waals surface area contributed by atoms with E-state index in [2.05, 4.69) is 10.2 Å². The Labute approximate surface area is 173 Å². The number of aromatic nitrogens is 3. The molecule has 0 spiro atoms. The quantitative estimate of drug-likeness (QED) is 0.394. The van der Waals surface area contributed by atoms with Crippen LogP contribution in [-0.2, 0) is 4.74 Å². The number of thioether (sulfide) groups is 1. The van der Waals surface area contributed by atoms with Crippen molar-refractivity contribution in [3.05, 3.63) is 53.6 Å². The predicted octanol–water partition coefficient (Wildman–Crippen LogP) is 4.09. The molecule has 1 aromatic heterocycles. The monoisotopic (exact) mass is 419 g/mol. The maximum atomic E-state index is 8.81. The minimum absolute atomic E-state index is 0.0175. The zero-order valence-corrected chi connectivity index (χ0v) is 17.1. The van der Waals surface area contributed by atoms with E-state index in [1.165, 1.54) is 11.8 Å². The van der Waals surface area contributed by atoms with E-state index >= 15 is 0 Å². The van der Waals surface area contributed by atoms with E-state index in [1.807, 2.05) is 60.0 Å². The molecular formula is C20H22ClN3O3S. The molecule has 0 saturated heterocycles. The van der Waals surface area contributed by atoms with Crippen molar-refractivity contribution in [2.75, 3.05) is 32.2 Å². The molecule has 0 aliphatic rings. The van der Waals surface area contributed by atoms with Crippen LogP contribution in [0.1, 0.15) is 6.92 Å². The number of aliphatic hydroxyl groups excluding tert-OH is 1. The van der Waals surface area contributed by atoms with Crippen molar-refractivity contribution in [3.63, 3.8) is 0 Å². The van der Waals surface area contributed by atoms with E-state index in [1.54, 1.807) is 0 Å². The molecule has 0 amide bonds. The number of hydrogen-bond donors (Lipinski definition) is 1. The zero-order valence-electron chi connectivity index (χ0n) is 15.5. The summed E-state index contributed by atoms with van der Waals surface area (Å²) in [5.74, 6) is 2.18. The van der Waals surface area contributed by atoms with E-state index in [9.17, 15) is 0 Å². The van der Waals surface area contributed by atoms with Gasteiger partial charge >= 0.3 is 0 Å². The van der Waals surface area contributed by atoms with Gasteiger partial charge in [0, 0.05) is 17.0 Å². The van der Waals surface area contributed by atoms with Gasteiger partial charge < -0.3 is 14.6 Å². The molecule has 0 radical (unpaired) electrons. The number of aliphatic hydroxyl groups is 1. The minimum Gasteiger partial charge on any atom is -0.494 e. The van der Waals surface area contributed by atoms with Crippen molar-refractivity contribution in [2.45, 2.75) is 12.1 Å². The first-order valence-electron chi connectivity index (χ1n) is 8.99. The third-order valence-electron chi connectivity index (χ3n) is 3.85. The Hall–Kier alpha value is -2.06. The van der Waals surface area contributed by atoms with Crippen LogP contribution in [0.4, 0.5) is 0 Å². The summed E-state index contributed by atoms with van der Waals surface area (Å²) in [5, 5.41) is 18.9. The van der Waals surface area contributed by atoms with Gasteiger partial charge in [0.1, 0.15) is 5.75 Å². The largest absolute Gasteiger partial charge is 0.494 e. The Morgan fingerprint density at radius 2 is 1.86 bits per heavy atom. The molecule has 0 bridgehead atoms. The number of benzene rings is 2. The molecular weight excluding hydrogens is 398 g/mol. The SMILES string of the molecule is CCOc1ccc(-n2c(SCCOCCO)nnc2-c2ccccc2Cl)cc1. The summed E-state index contributed by atoms with van der Waals surface area (Å²) in [4.78, 5) is 0. The lowest BCUT2D eigenvalue weighted by Gasteiger charge is -2.12. The first-order chi connectivity index (χ1) is 13.7. The Morgan fingerprint density at radius 1 is 1.07 bits per heavy atom. The first-order valence-corrected chi connectivity index (χ1v) is 10.4. The van der Waals surface area contributed by atoms with Gasteiger partial charge in [-0.05, 0) is 43.3 Å². The van der Waals surface area contributed by atoms with E-state index in [0.717, 1.165) is 22.2 Å². The smallest absolute Gasteiger partial charge is 0.196 e. The lowest BCUT2D eigenvalue weighted by Crippen LogP contribution is -2.04. The molecule has 3 aromatic rings. The summed E-state index contributed by atoms with van der Waals surface area (Å²) in [5.41, 5.74) is 1.73. The minimum atomic E-state index is 0.0175. The van der Waals surface area contributed by atoms with Gasteiger partial charge in [-0.25, -0.2) is 0 Å². The maximum Gasteiger partial charge on any atom is 0.196 e. The van der Waals surface area contributed by atoms with Crippen LogP contribution in [0.3, 0.4) is 0 Å². The predicted molar refractivity (Wildman–Crippen MR) is 112 cm³/mol. The van der Waals surface area contributed by atoms with Gasteiger partial charge in [0.05, 0.1) is 31.5 Å². The highest BCUT2D eigenvalue weighted by Gasteiger charge is 2.18. The van der Waals surface area contributed by atoms with Gasteiger partial charge in [-0.1, -0.05) is 35.5 Å². The van der Waals surface area contributed by atoms with Crippen molar-refractivity contribution < 1.29 is 14.6 Å². The molecule has 0 saturated carbocycles. The Bertz CT molecular complexity index is 887. The number of halogens is 1. The van der Waals surface area contributed by atoms with Gasteiger partial charge in [-0.15, -0.1) is 10.2 Å². The van der Waals surface area contributed by atoms with Crippen molar-refractivity contribution in [1.29, 1.82) is 0 Å². The second kappa shape index (κ2) is 10.5. The summed E-state index contributed by atoms with van der Waals surface area (Å²) in [7, 11) is 0. The van der Waals surface area contributed by atoms with Crippen LogP contribution in [0.25, 0.3) is 17.1 Å². The van der Waals surface area contributed by atoms with Gasteiger partial charge in [-0.2, -0.15) is 0 Å². The standard InChI is InChI=1S/C20H22ClN3O3S/c1-2-27-16-9-7-15(8-10-16)24-19(17-5-3-4-6-18(17)21)22-23-20(24)28-14-13-26-12-11-25/h3-10,25H,2,11-14H2,1H3. The zero-order chi connectivity index (χ0) is 19.8. The van der Waals surface area contributed by atoms with Crippen molar-refractivity contribution in [2.24, 2.45) is 0 Å². The normalized spacial score (nSPS) is 11.0. The second-order valence-electron chi connectivity index (χ2n) is 5.73. The van der Waals surface area contributed by atoms with Gasteiger partial charge in [0.25, 0.3) is 0 Å². The molecule has 28 heavy (non-hydrogen) atoms. The Balaban J connectivity index is 1.93. The van der Waals surface area contributed by atoms with E-state index in [-0.39, 0.29) is 6.61 Å². The highest BCUT2D eigenvalue weighted by Crippen LogP contribution is 2.32. The molecule has 0 unspecified atom stereocenters. The lowest BCUT2D eigenvalue weighted by atomic mass is 10.2. The van der Waals surface area contributed by atoms with E-state index in [0.29, 0.717) is 36.4 Å². The summed E-state index contributed by atoms with van der Waals surface area (Å²) in [6.45, 7) is 3.44. The number of rotatable bonds is 10. The van der Waals surface area contributed by atoms with Gasteiger partial charge in [0.15, 0.2) is 11.0 Å². The molecule has 148 valence electrons. The van der Waals surface area contributed by atoms with Crippen LogP contribution in [0.15, 0.2) is 53.7 Å². The topological polar surface area (TPSA) is 69.4 Å². The number of hydrogen-bond acceptors (Lipinski definition) is 6. The second-order valence-corrected chi connectivity index (χ2v) is 7.20. The van der Waals surface area contributed by atoms with E-state index < -0.39 is 0 Å². The molecule has 0 aliphatic heterocycles. The van der Waals surface area contributed by atoms with Crippen LogP contribution in [0, 0.1) is 0 Å². The van der Waals surface area contributed by atoms with Crippen molar-refractivity contribution in [1.82, 2.24) is 14.8 Å². The van der Waals surface area contributed by atoms with Crippen LogP contribution in [0.2, 0.25) is 5.02 Å². The molecule has 8 heteroatoms. The highest BCUT2D eigenvalue weighted by molar-refractivity contribution is 7.99. The Kier molecular flexibility index (Phi) is 7.73. The lowest BCUT2D eigenvalue weighted by molar-refractivity contribution is 0.103. The maximum absolute atomic E-state index is 8.81. The molecule has 2 aromatic carbocycles. The third kappa shape index (κ3) is 5.05. The molecule has 1 heterocycles. The van der Waals surface area contributed by atoms with Crippen LogP contribution < -0.4 is 4.74 Å². The average molecular weight is 420 g/mol. The average Bonchev–Trinajstić information content (AvgIpc) is 3.13. The fraction of sp³-hybridized carbons (Fsp3) is 0.300. The first kappa shape index (κ1) is 20.7. The summed E-state index contributed by atoms with van der Waals surface area (Å²) in [6.07, 6.45) is 0. The number of ether oxygens (including phenoxy) is 2. The molecule has 0 aliphatic carbocycles. The van der Waals surface area contributed by atoms with Crippen LogP contribution in [-0.4, -0.2) is 52.1 Å². The molecule has 6 nitrogen and oxygen atoms in total. The van der Waals surface area contributed by atoms with Gasteiger partial charge in [0.2, 0.25) is 0 Å².